The molecule has 2 heterocycles. The number of morpholine rings is 1. The molecule has 0 bridgehead atoms. The van der Waals surface area contributed by atoms with E-state index in [1.165, 1.54) is 0 Å². The van der Waals surface area contributed by atoms with Crippen LogP contribution in [0.5, 0.6) is 0 Å². The second kappa shape index (κ2) is 7.45. The van der Waals surface area contributed by atoms with Gasteiger partial charge in [0, 0.05) is 12.6 Å². The predicted molar refractivity (Wildman–Crippen MR) is 100 cm³/mol. The molecule has 0 saturated carbocycles. The number of ether oxygens (including phenoxy) is 1. The molecule has 3 aromatic rings. The van der Waals surface area contributed by atoms with Crippen LogP contribution < -0.4 is 0 Å². The van der Waals surface area contributed by atoms with E-state index in [4.69, 9.17) is 4.74 Å². The lowest BCUT2D eigenvalue weighted by atomic mass is 10.1. The second-order valence-electron chi connectivity index (χ2n) is 6.17. The minimum Gasteiger partial charge on any atom is -0.370 e. The lowest BCUT2D eigenvalue weighted by molar-refractivity contribution is -0.133. The molecule has 1 fully saturated rings. The van der Waals surface area contributed by atoms with Gasteiger partial charge in [0.1, 0.15) is 6.10 Å². The molecule has 1 aromatic heterocycles. The monoisotopic (exact) mass is 345 g/mol. The highest BCUT2D eigenvalue weighted by molar-refractivity contribution is 5.91. The highest BCUT2D eigenvalue weighted by Crippen LogP contribution is 2.22. The SMILES string of the molecule is O=C(/C=C/c1cnc2ccccc2n1)N1CCOC(c2ccccc2)C1. The van der Waals surface area contributed by atoms with Crippen LogP contribution >= 0.6 is 0 Å². The Hall–Kier alpha value is -3.05. The van der Waals surface area contributed by atoms with Crippen LogP contribution in [0.25, 0.3) is 17.1 Å². The van der Waals surface area contributed by atoms with E-state index >= 15 is 0 Å². The average Bonchev–Trinajstić information content (AvgIpc) is 2.72. The summed E-state index contributed by atoms with van der Waals surface area (Å²) in [6.07, 6.45) is 4.88. The van der Waals surface area contributed by atoms with Crippen LogP contribution in [-0.2, 0) is 9.53 Å². The lowest BCUT2D eigenvalue weighted by Crippen LogP contribution is -2.41. The summed E-state index contributed by atoms with van der Waals surface area (Å²) in [6.45, 7) is 1.68. The van der Waals surface area contributed by atoms with Crippen molar-refractivity contribution < 1.29 is 9.53 Å². The van der Waals surface area contributed by atoms with Gasteiger partial charge in [-0.05, 0) is 23.8 Å². The maximum atomic E-state index is 12.5. The van der Waals surface area contributed by atoms with E-state index in [1.54, 1.807) is 18.3 Å². The first-order valence-electron chi connectivity index (χ1n) is 8.65. The molecule has 1 saturated heterocycles. The fraction of sp³-hybridized carbons (Fsp3) is 0.190. The first kappa shape index (κ1) is 16.4. The number of nitrogens with zero attached hydrogens (tertiary/aromatic N) is 3. The van der Waals surface area contributed by atoms with Gasteiger partial charge in [0.25, 0.3) is 0 Å². The number of amides is 1. The van der Waals surface area contributed by atoms with Gasteiger partial charge >= 0.3 is 0 Å². The summed E-state index contributed by atoms with van der Waals surface area (Å²) in [5, 5.41) is 0. The molecule has 2 aromatic carbocycles. The van der Waals surface area contributed by atoms with Gasteiger partial charge in [-0.3, -0.25) is 9.78 Å². The Kier molecular flexibility index (Phi) is 4.71. The molecule has 1 amide bonds. The molecule has 1 aliphatic rings. The number of hydrogen-bond acceptors (Lipinski definition) is 4. The van der Waals surface area contributed by atoms with Crippen LogP contribution in [-0.4, -0.2) is 40.5 Å². The van der Waals surface area contributed by atoms with Gasteiger partial charge in [0.15, 0.2) is 0 Å². The minimum absolute atomic E-state index is 0.0378. The Morgan fingerprint density at radius 1 is 1.08 bits per heavy atom. The number of carbonyl (C=O) groups excluding carboxylic acids is 1. The lowest BCUT2D eigenvalue weighted by Gasteiger charge is -2.32. The largest absolute Gasteiger partial charge is 0.370 e. The van der Waals surface area contributed by atoms with E-state index in [1.807, 2.05) is 59.5 Å². The zero-order valence-electron chi connectivity index (χ0n) is 14.3. The molecule has 1 atom stereocenters. The molecule has 26 heavy (non-hydrogen) atoms. The van der Waals surface area contributed by atoms with Crippen molar-refractivity contribution in [2.45, 2.75) is 6.10 Å². The van der Waals surface area contributed by atoms with E-state index < -0.39 is 0 Å². The average molecular weight is 345 g/mol. The number of carbonyl (C=O) groups is 1. The standard InChI is InChI=1S/C21H19N3O2/c25-21(11-10-17-14-22-18-8-4-5-9-19(18)23-17)24-12-13-26-20(15-24)16-6-2-1-3-7-16/h1-11,14,20H,12-13,15H2/b11-10+. The maximum Gasteiger partial charge on any atom is 0.246 e. The topological polar surface area (TPSA) is 55.3 Å². The molecule has 0 radical (unpaired) electrons. The molecule has 0 N–H and O–H groups in total. The highest BCUT2D eigenvalue weighted by Gasteiger charge is 2.24. The number of aromatic nitrogens is 2. The van der Waals surface area contributed by atoms with E-state index in [9.17, 15) is 4.79 Å². The molecule has 0 spiro atoms. The zero-order valence-corrected chi connectivity index (χ0v) is 14.3. The highest BCUT2D eigenvalue weighted by atomic mass is 16.5. The third kappa shape index (κ3) is 3.63. The zero-order chi connectivity index (χ0) is 17.8. The summed E-state index contributed by atoms with van der Waals surface area (Å²) in [4.78, 5) is 23.2. The third-order valence-corrected chi connectivity index (χ3v) is 4.41. The quantitative estimate of drug-likeness (QED) is 0.684. The van der Waals surface area contributed by atoms with E-state index in [0.29, 0.717) is 25.4 Å². The molecule has 130 valence electrons. The van der Waals surface area contributed by atoms with Crippen LogP contribution in [0.3, 0.4) is 0 Å². The normalized spacial score (nSPS) is 17.7. The molecular weight excluding hydrogens is 326 g/mol. The van der Waals surface area contributed by atoms with E-state index in [-0.39, 0.29) is 12.0 Å². The van der Waals surface area contributed by atoms with Gasteiger partial charge in [-0.25, -0.2) is 4.98 Å². The van der Waals surface area contributed by atoms with Crippen molar-refractivity contribution in [3.05, 3.63) is 78.1 Å². The molecule has 5 heteroatoms. The summed E-state index contributed by atoms with van der Waals surface area (Å²) < 4.78 is 5.82. The summed E-state index contributed by atoms with van der Waals surface area (Å²) >= 11 is 0. The second-order valence-corrected chi connectivity index (χ2v) is 6.17. The Labute approximate surface area is 152 Å². The number of benzene rings is 2. The number of rotatable bonds is 3. The Morgan fingerprint density at radius 2 is 1.85 bits per heavy atom. The molecular formula is C21H19N3O2. The fourth-order valence-electron chi connectivity index (χ4n) is 3.03. The van der Waals surface area contributed by atoms with E-state index in [2.05, 4.69) is 9.97 Å². The Bertz CT molecular complexity index is 940. The number of fused-ring (bicyclic) bond motifs is 1. The van der Waals surface area contributed by atoms with Gasteiger partial charge < -0.3 is 9.64 Å². The first-order valence-corrected chi connectivity index (χ1v) is 8.65. The molecule has 1 aliphatic heterocycles. The summed E-state index contributed by atoms with van der Waals surface area (Å²) in [7, 11) is 0. The Balaban J connectivity index is 1.45. The predicted octanol–water partition coefficient (Wildman–Crippen LogP) is 3.24. The van der Waals surface area contributed by atoms with Gasteiger partial charge in [0.05, 0.1) is 36.1 Å². The molecule has 1 unspecified atom stereocenters. The fourth-order valence-corrected chi connectivity index (χ4v) is 3.03. The van der Waals surface area contributed by atoms with Crippen LogP contribution in [0.15, 0.2) is 66.9 Å². The van der Waals surface area contributed by atoms with Crippen LogP contribution in [0.1, 0.15) is 17.4 Å². The van der Waals surface area contributed by atoms with Crippen LogP contribution in [0.2, 0.25) is 0 Å². The smallest absolute Gasteiger partial charge is 0.246 e. The first-order chi connectivity index (χ1) is 12.8. The van der Waals surface area contributed by atoms with Crippen molar-refractivity contribution in [2.24, 2.45) is 0 Å². The van der Waals surface area contributed by atoms with Gasteiger partial charge in [-0.15, -0.1) is 0 Å². The van der Waals surface area contributed by atoms with Crippen molar-refractivity contribution in [3.8, 4) is 0 Å². The van der Waals surface area contributed by atoms with Crippen molar-refractivity contribution in [2.75, 3.05) is 19.7 Å². The molecule has 5 nitrogen and oxygen atoms in total. The summed E-state index contributed by atoms with van der Waals surface area (Å²) in [6, 6.07) is 17.7. The summed E-state index contributed by atoms with van der Waals surface area (Å²) in [5.41, 5.74) is 3.42. The van der Waals surface area contributed by atoms with Crippen LogP contribution in [0, 0.1) is 0 Å². The maximum absolute atomic E-state index is 12.5. The van der Waals surface area contributed by atoms with Crippen molar-refractivity contribution in [1.29, 1.82) is 0 Å². The Morgan fingerprint density at radius 3 is 2.69 bits per heavy atom. The van der Waals surface area contributed by atoms with E-state index in [0.717, 1.165) is 16.6 Å². The third-order valence-electron chi connectivity index (χ3n) is 4.41. The number of hydrogen-bond donors (Lipinski definition) is 0. The van der Waals surface area contributed by atoms with Crippen molar-refractivity contribution in [3.63, 3.8) is 0 Å². The van der Waals surface area contributed by atoms with Crippen molar-refractivity contribution in [1.82, 2.24) is 14.9 Å². The van der Waals surface area contributed by atoms with Crippen LogP contribution in [0.4, 0.5) is 0 Å². The van der Waals surface area contributed by atoms with Gasteiger partial charge in [0.2, 0.25) is 5.91 Å². The molecule has 4 rings (SSSR count). The minimum atomic E-state index is -0.0808. The van der Waals surface area contributed by atoms with Crippen molar-refractivity contribution >= 4 is 23.0 Å². The number of para-hydroxylation sites is 2. The van der Waals surface area contributed by atoms with Gasteiger partial charge in [-0.1, -0.05) is 42.5 Å². The summed E-state index contributed by atoms with van der Waals surface area (Å²) in [5.74, 6) is -0.0378. The molecule has 0 aliphatic carbocycles. The van der Waals surface area contributed by atoms with Gasteiger partial charge in [-0.2, -0.15) is 0 Å².